The van der Waals surface area contributed by atoms with E-state index in [2.05, 4.69) is 32.6 Å². The highest BCUT2D eigenvalue weighted by molar-refractivity contribution is 5.93. The second-order valence-electron chi connectivity index (χ2n) is 4.70. The molecule has 7 heteroatoms. The predicted octanol–water partition coefficient (Wildman–Crippen LogP) is 1.00. The van der Waals surface area contributed by atoms with Crippen molar-refractivity contribution in [3.05, 3.63) is 36.2 Å². The molecular weight excluding hydrogens is 268 g/mol. The van der Waals surface area contributed by atoms with Crippen molar-refractivity contribution in [1.82, 2.24) is 25.1 Å². The lowest BCUT2D eigenvalue weighted by Crippen LogP contribution is -2.26. The van der Waals surface area contributed by atoms with E-state index in [-0.39, 0.29) is 5.91 Å². The zero-order valence-electron chi connectivity index (χ0n) is 12.3. The summed E-state index contributed by atoms with van der Waals surface area (Å²) in [5.41, 5.74) is 1.31. The van der Waals surface area contributed by atoms with Crippen LogP contribution in [0.3, 0.4) is 0 Å². The quantitative estimate of drug-likeness (QED) is 0.794. The number of nitrogens with zero attached hydrogens (tertiary/aromatic N) is 4. The predicted molar refractivity (Wildman–Crippen MR) is 80.1 cm³/mol. The van der Waals surface area contributed by atoms with Crippen LogP contribution in [0.25, 0.3) is 0 Å². The Morgan fingerprint density at radius 3 is 2.90 bits per heavy atom. The highest BCUT2D eigenvalue weighted by Crippen LogP contribution is 2.07. The van der Waals surface area contributed by atoms with Crippen LogP contribution in [0.4, 0.5) is 5.69 Å². The van der Waals surface area contributed by atoms with Crippen LogP contribution in [0.1, 0.15) is 29.7 Å². The van der Waals surface area contributed by atoms with E-state index in [0.717, 1.165) is 18.7 Å². The van der Waals surface area contributed by atoms with E-state index >= 15 is 0 Å². The molecule has 0 radical (unpaired) electrons. The van der Waals surface area contributed by atoms with E-state index < -0.39 is 0 Å². The number of carbonyl (C=O) groups is 1. The van der Waals surface area contributed by atoms with Crippen molar-refractivity contribution in [1.29, 1.82) is 0 Å². The van der Waals surface area contributed by atoms with Crippen molar-refractivity contribution in [3.63, 3.8) is 0 Å². The van der Waals surface area contributed by atoms with Crippen molar-refractivity contribution < 1.29 is 4.79 Å². The minimum Gasteiger partial charge on any atom is -0.385 e. The molecule has 0 aliphatic carbocycles. The van der Waals surface area contributed by atoms with Gasteiger partial charge in [-0.15, -0.1) is 0 Å². The average molecular weight is 288 g/mol. The van der Waals surface area contributed by atoms with Crippen LogP contribution in [-0.4, -0.2) is 38.7 Å². The van der Waals surface area contributed by atoms with E-state index in [9.17, 15) is 4.79 Å². The molecule has 21 heavy (non-hydrogen) atoms. The summed E-state index contributed by atoms with van der Waals surface area (Å²) in [5, 5.41) is 10.2. The van der Waals surface area contributed by atoms with Crippen LogP contribution in [0, 0.1) is 0 Å². The second-order valence-corrected chi connectivity index (χ2v) is 4.70. The standard InChI is InChI=1S/C14H20N6O/c1-3-6-15-11-4-7-16-12(9-11)14(21)17-8-5-13-18-10-20(2)19-13/h4,7,9-10H,3,5-6,8H2,1-2H3,(H,15,16)(H,17,21). The maximum atomic E-state index is 12.0. The molecule has 0 aliphatic heterocycles. The molecule has 2 aromatic heterocycles. The van der Waals surface area contributed by atoms with Gasteiger partial charge in [-0.2, -0.15) is 5.10 Å². The zero-order chi connectivity index (χ0) is 15.1. The van der Waals surface area contributed by atoms with Gasteiger partial charge in [-0.1, -0.05) is 6.92 Å². The summed E-state index contributed by atoms with van der Waals surface area (Å²) in [6.07, 6.45) is 4.90. The first-order valence-corrected chi connectivity index (χ1v) is 7.01. The lowest BCUT2D eigenvalue weighted by Gasteiger charge is -2.07. The average Bonchev–Trinajstić information content (AvgIpc) is 2.91. The van der Waals surface area contributed by atoms with E-state index in [1.54, 1.807) is 23.3 Å². The minimum absolute atomic E-state index is 0.189. The molecule has 2 heterocycles. The maximum Gasteiger partial charge on any atom is 0.269 e. The van der Waals surface area contributed by atoms with Gasteiger partial charge in [0, 0.05) is 38.4 Å². The Bertz CT molecular complexity index is 595. The molecule has 0 saturated carbocycles. The van der Waals surface area contributed by atoms with Gasteiger partial charge in [0.2, 0.25) is 0 Å². The summed E-state index contributed by atoms with van der Waals surface area (Å²) in [4.78, 5) is 20.2. The Morgan fingerprint density at radius 1 is 1.33 bits per heavy atom. The fourth-order valence-electron chi connectivity index (χ4n) is 1.81. The Morgan fingerprint density at radius 2 is 2.19 bits per heavy atom. The molecule has 0 atom stereocenters. The Labute approximate surface area is 123 Å². The molecule has 112 valence electrons. The van der Waals surface area contributed by atoms with Gasteiger partial charge in [-0.05, 0) is 18.6 Å². The van der Waals surface area contributed by atoms with Gasteiger partial charge in [0.1, 0.15) is 12.0 Å². The summed E-state index contributed by atoms with van der Waals surface area (Å²) in [6, 6.07) is 3.61. The lowest BCUT2D eigenvalue weighted by molar-refractivity contribution is 0.0949. The fourth-order valence-corrected chi connectivity index (χ4v) is 1.81. The van der Waals surface area contributed by atoms with Crippen molar-refractivity contribution >= 4 is 11.6 Å². The van der Waals surface area contributed by atoms with Gasteiger partial charge < -0.3 is 10.6 Å². The van der Waals surface area contributed by atoms with Crippen LogP contribution in [0.5, 0.6) is 0 Å². The number of rotatable bonds is 7. The molecule has 0 saturated heterocycles. The number of anilines is 1. The first-order chi connectivity index (χ1) is 10.2. The molecule has 2 aromatic rings. The monoisotopic (exact) mass is 288 g/mol. The van der Waals surface area contributed by atoms with Crippen LogP contribution in [0.2, 0.25) is 0 Å². The highest BCUT2D eigenvalue weighted by Gasteiger charge is 2.08. The summed E-state index contributed by atoms with van der Waals surface area (Å²) in [6.45, 7) is 3.45. The molecule has 2 rings (SSSR count). The molecule has 0 unspecified atom stereocenters. The van der Waals surface area contributed by atoms with Crippen LogP contribution >= 0.6 is 0 Å². The molecule has 2 N–H and O–H groups in total. The van der Waals surface area contributed by atoms with Crippen LogP contribution in [0.15, 0.2) is 24.7 Å². The first kappa shape index (κ1) is 15.0. The van der Waals surface area contributed by atoms with E-state index in [0.29, 0.717) is 24.5 Å². The smallest absolute Gasteiger partial charge is 0.269 e. The highest BCUT2D eigenvalue weighted by atomic mass is 16.1. The van der Waals surface area contributed by atoms with E-state index in [4.69, 9.17) is 0 Å². The van der Waals surface area contributed by atoms with Crippen LogP contribution in [-0.2, 0) is 13.5 Å². The van der Waals surface area contributed by atoms with Crippen molar-refractivity contribution in [2.45, 2.75) is 19.8 Å². The molecule has 0 spiro atoms. The molecular formula is C14H20N6O. The Hall–Kier alpha value is -2.44. The topological polar surface area (TPSA) is 84.7 Å². The van der Waals surface area contributed by atoms with Crippen molar-refractivity contribution in [2.75, 3.05) is 18.4 Å². The van der Waals surface area contributed by atoms with E-state index in [1.807, 2.05) is 13.1 Å². The van der Waals surface area contributed by atoms with Crippen LogP contribution < -0.4 is 10.6 Å². The summed E-state index contributed by atoms with van der Waals surface area (Å²) in [7, 11) is 1.81. The van der Waals surface area contributed by atoms with Gasteiger partial charge in [0.25, 0.3) is 5.91 Å². The third kappa shape index (κ3) is 4.55. The minimum atomic E-state index is -0.189. The number of hydrogen-bond acceptors (Lipinski definition) is 5. The number of aryl methyl sites for hydroxylation is 1. The molecule has 1 amide bonds. The third-order valence-corrected chi connectivity index (χ3v) is 2.85. The normalized spacial score (nSPS) is 10.4. The number of carbonyl (C=O) groups excluding carboxylic acids is 1. The number of nitrogens with one attached hydrogen (secondary N) is 2. The van der Waals surface area contributed by atoms with Crippen molar-refractivity contribution in [2.24, 2.45) is 7.05 Å². The molecule has 0 aliphatic rings. The number of amides is 1. The summed E-state index contributed by atoms with van der Waals surface area (Å²) in [5.74, 6) is 0.523. The Balaban J connectivity index is 1.85. The van der Waals surface area contributed by atoms with Gasteiger partial charge in [0.15, 0.2) is 5.82 Å². The SMILES string of the molecule is CCCNc1ccnc(C(=O)NCCc2ncn(C)n2)c1. The van der Waals surface area contributed by atoms with Gasteiger partial charge in [0.05, 0.1) is 0 Å². The summed E-state index contributed by atoms with van der Waals surface area (Å²) >= 11 is 0. The third-order valence-electron chi connectivity index (χ3n) is 2.85. The molecule has 0 fully saturated rings. The largest absolute Gasteiger partial charge is 0.385 e. The zero-order valence-corrected chi connectivity index (χ0v) is 12.3. The van der Waals surface area contributed by atoms with Crippen molar-refractivity contribution in [3.8, 4) is 0 Å². The number of hydrogen-bond donors (Lipinski definition) is 2. The number of pyridine rings is 1. The lowest BCUT2D eigenvalue weighted by atomic mass is 10.3. The first-order valence-electron chi connectivity index (χ1n) is 7.01. The number of aromatic nitrogens is 4. The summed E-state index contributed by atoms with van der Waals surface area (Å²) < 4.78 is 1.64. The maximum absolute atomic E-state index is 12.0. The molecule has 7 nitrogen and oxygen atoms in total. The fraction of sp³-hybridized carbons (Fsp3) is 0.429. The Kier molecular flexibility index (Phi) is 5.25. The van der Waals surface area contributed by atoms with Gasteiger partial charge in [-0.3, -0.25) is 14.5 Å². The van der Waals surface area contributed by atoms with Gasteiger partial charge >= 0.3 is 0 Å². The second kappa shape index (κ2) is 7.37. The molecule has 0 aromatic carbocycles. The van der Waals surface area contributed by atoms with Gasteiger partial charge in [-0.25, -0.2) is 4.98 Å². The van der Waals surface area contributed by atoms with E-state index in [1.165, 1.54) is 0 Å². The molecule has 0 bridgehead atoms.